The maximum Gasteiger partial charge on any atom is 0.255 e. The summed E-state index contributed by atoms with van der Waals surface area (Å²) in [6.07, 6.45) is 1.92. The Morgan fingerprint density at radius 1 is 1.12 bits per heavy atom. The SMILES string of the molecule is CCCOc1ccccc1NC(=O)c1cccc(NS(C)(=O)=O)c1. The van der Waals surface area contributed by atoms with Gasteiger partial charge < -0.3 is 10.1 Å². The highest BCUT2D eigenvalue weighted by atomic mass is 32.2. The molecule has 0 bridgehead atoms. The van der Waals surface area contributed by atoms with Crippen molar-refractivity contribution < 1.29 is 17.9 Å². The first-order chi connectivity index (χ1) is 11.4. The van der Waals surface area contributed by atoms with E-state index in [9.17, 15) is 13.2 Å². The lowest BCUT2D eigenvalue weighted by molar-refractivity contribution is 0.102. The predicted molar refractivity (Wildman–Crippen MR) is 95.1 cm³/mol. The number of anilines is 2. The topological polar surface area (TPSA) is 84.5 Å². The Hall–Kier alpha value is -2.54. The fourth-order valence-corrected chi connectivity index (χ4v) is 2.60. The van der Waals surface area contributed by atoms with Gasteiger partial charge in [-0.2, -0.15) is 0 Å². The standard InChI is InChI=1S/C17H20N2O4S/c1-3-11-23-16-10-5-4-9-15(16)18-17(20)13-7-6-8-14(12-13)19-24(2,21)22/h4-10,12,19H,3,11H2,1-2H3,(H,18,20). The Labute approximate surface area is 141 Å². The van der Waals surface area contributed by atoms with Crippen LogP contribution in [0.2, 0.25) is 0 Å². The third kappa shape index (κ3) is 5.27. The molecule has 0 aliphatic carbocycles. The van der Waals surface area contributed by atoms with E-state index in [2.05, 4.69) is 10.0 Å². The first-order valence-electron chi connectivity index (χ1n) is 7.50. The predicted octanol–water partition coefficient (Wildman–Crippen LogP) is 3.10. The number of nitrogens with one attached hydrogen (secondary N) is 2. The molecule has 1 amide bonds. The number of rotatable bonds is 7. The molecule has 2 aromatic rings. The van der Waals surface area contributed by atoms with Gasteiger partial charge in [0.25, 0.3) is 5.91 Å². The van der Waals surface area contributed by atoms with Gasteiger partial charge in [-0.15, -0.1) is 0 Å². The highest BCUT2D eigenvalue weighted by molar-refractivity contribution is 7.92. The maximum absolute atomic E-state index is 12.4. The third-order valence-corrected chi connectivity index (χ3v) is 3.63. The van der Waals surface area contributed by atoms with Crippen LogP contribution in [0.25, 0.3) is 0 Å². The van der Waals surface area contributed by atoms with Crippen molar-refractivity contribution in [1.29, 1.82) is 0 Å². The molecule has 0 atom stereocenters. The molecule has 0 saturated heterocycles. The van der Waals surface area contributed by atoms with Crippen molar-refractivity contribution in [3.63, 3.8) is 0 Å². The van der Waals surface area contributed by atoms with E-state index in [4.69, 9.17) is 4.74 Å². The quantitative estimate of drug-likeness (QED) is 0.805. The van der Waals surface area contributed by atoms with E-state index in [0.29, 0.717) is 29.3 Å². The normalized spacial score (nSPS) is 10.9. The van der Waals surface area contributed by atoms with Crippen LogP contribution in [0, 0.1) is 0 Å². The van der Waals surface area contributed by atoms with Crippen LogP contribution in [0.15, 0.2) is 48.5 Å². The van der Waals surface area contributed by atoms with E-state index in [-0.39, 0.29) is 5.91 Å². The lowest BCUT2D eigenvalue weighted by Crippen LogP contribution is -2.14. The molecule has 7 heteroatoms. The highest BCUT2D eigenvalue weighted by Gasteiger charge is 2.11. The Bertz CT molecular complexity index is 819. The summed E-state index contributed by atoms with van der Waals surface area (Å²) in [7, 11) is -3.40. The van der Waals surface area contributed by atoms with Gasteiger partial charge in [-0.05, 0) is 36.8 Å². The Balaban J connectivity index is 2.17. The van der Waals surface area contributed by atoms with Crippen LogP contribution in [-0.2, 0) is 10.0 Å². The van der Waals surface area contributed by atoms with Crippen LogP contribution in [0.1, 0.15) is 23.7 Å². The number of benzene rings is 2. The third-order valence-electron chi connectivity index (χ3n) is 3.02. The van der Waals surface area contributed by atoms with Crippen molar-refractivity contribution in [2.45, 2.75) is 13.3 Å². The molecule has 2 aromatic carbocycles. The second kappa shape index (κ2) is 7.83. The summed E-state index contributed by atoms with van der Waals surface area (Å²) in [6.45, 7) is 2.56. The lowest BCUT2D eigenvalue weighted by atomic mass is 10.2. The molecule has 6 nitrogen and oxygen atoms in total. The average Bonchev–Trinajstić information content (AvgIpc) is 2.52. The average molecular weight is 348 g/mol. The second-order valence-corrected chi connectivity index (χ2v) is 7.00. The summed E-state index contributed by atoms with van der Waals surface area (Å²) in [4.78, 5) is 12.4. The van der Waals surface area contributed by atoms with Crippen molar-refractivity contribution in [2.75, 3.05) is 22.9 Å². The van der Waals surface area contributed by atoms with Crippen LogP contribution in [0.3, 0.4) is 0 Å². The van der Waals surface area contributed by atoms with Crippen molar-refractivity contribution in [3.8, 4) is 5.75 Å². The largest absolute Gasteiger partial charge is 0.491 e. The van der Waals surface area contributed by atoms with Gasteiger partial charge in [0.05, 0.1) is 18.6 Å². The smallest absolute Gasteiger partial charge is 0.255 e. The molecule has 0 aromatic heterocycles. The minimum atomic E-state index is -3.40. The molecule has 0 aliphatic heterocycles. The van der Waals surface area contributed by atoms with E-state index in [1.54, 1.807) is 36.4 Å². The van der Waals surface area contributed by atoms with Crippen molar-refractivity contribution in [3.05, 3.63) is 54.1 Å². The summed E-state index contributed by atoms with van der Waals surface area (Å²) in [5, 5.41) is 2.78. The van der Waals surface area contributed by atoms with E-state index >= 15 is 0 Å². The molecule has 128 valence electrons. The second-order valence-electron chi connectivity index (χ2n) is 5.25. The van der Waals surface area contributed by atoms with Crippen LogP contribution >= 0.6 is 0 Å². The minimum Gasteiger partial charge on any atom is -0.491 e. The first kappa shape index (κ1) is 17.8. The highest BCUT2D eigenvalue weighted by Crippen LogP contribution is 2.25. The maximum atomic E-state index is 12.4. The minimum absolute atomic E-state index is 0.334. The molecule has 0 spiro atoms. The lowest BCUT2D eigenvalue weighted by Gasteiger charge is -2.12. The number of amides is 1. The summed E-state index contributed by atoms with van der Waals surface area (Å²) >= 11 is 0. The monoisotopic (exact) mass is 348 g/mol. The Morgan fingerprint density at radius 3 is 2.58 bits per heavy atom. The Kier molecular flexibility index (Phi) is 5.81. The number of carbonyl (C=O) groups is 1. The van der Waals surface area contributed by atoms with Gasteiger partial charge in [0.1, 0.15) is 5.75 Å². The number of sulfonamides is 1. The van der Waals surface area contributed by atoms with Gasteiger partial charge >= 0.3 is 0 Å². The van der Waals surface area contributed by atoms with E-state index in [0.717, 1.165) is 12.7 Å². The molecule has 2 N–H and O–H groups in total. The van der Waals surface area contributed by atoms with Crippen molar-refractivity contribution >= 4 is 27.3 Å². The van der Waals surface area contributed by atoms with E-state index in [1.165, 1.54) is 6.07 Å². The summed E-state index contributed by atoms with van der Waals surface area (Å²) in [6, 6.07) is 13.4. The summed E-state index contributed by atoms with van der Waals surface area (Å²) in [5.41, 5.74) is 1.24. The van der Waals surface area contributed by atoms with Crippen LogP contribution in [-0.4, -0.2) is 27.2 Å². The molecule has 0 unspecified atom stereocenters. The first-order valence-corrected chi connectivity index (χ1v) is 9.39. The molecule has 0 radical (unpaired) electrons. The molecule has 0 heterocycles. The molecule has 24 heavy (non-hydrogen) atoms. The molecule has 0 saturated carbocycles. The molecule has 2 rings (SSSR count). The van der Waals surface area contributed by atoms with Crippen LogP contribution < -0.4 is 14.8 Å². The van der Waals surface area contributed by atoms with E-state index in [1.807, 2.05) is 13.0 Å². The van der Waals surface area contributed by atoms with Gasteiger partial charge in [-0.1, -0.05) is 25.1 Å². The molecule has 0 aliphatic rings. The van der Waals surface area contributed by atoms with Crippen LogP contribution in [0.4, 0.5) is 11.4 Å². The number of ether oxygens (including phenoxy) is 1. The molecule has 0 fully saturated rings. The summed E-state index contributed by atoms with van der Waals surface area (Å²) < 4.78 is 30.5. The summed E-state index contributed by atoms with van der Waals surface area (Å²) in [5.74, 6) is 0.248. The fourth-order valence-electron chi connectivity index (χ4n) is 2.04. The van der Waals surface area contributed by atoms with Gasteiger partial charge in [0, 0.05) is 11.3 Å². The fraction of sp³-hybridized carbons (Fsp3) is 0.235. The Morgan fingerprint density at radius 2 is 1.88 bits per heavy atom. The zero-order valence-electron chi connectivity index (χ0n) is 13.6. The van der Waals surface area contributed by atoms with Crippen molar-refractivity contribution in [2.24, 2.45) is 0 Å². The number of hydrogen-bond donors (Lipinski definition) is 2. The molecular formula is C17H20N2O4S. The van der Waals surface area contributed by atoms with Crippen molar-refractivity contribution in [1.82, 2.24) is 0 Å². The number of carbonyl (C=O) groups excluding carboxylic acids is 1. The molecular weight excluding hydrogens is 328 g/mol. The zero-order valence-corrected chi connectivity index (χ0v) is 14.4. The number of para-hydroxylation sites is 2. The van der Waals surface area contributed by atoms with Gasteiger partial charge in [0.15, 0.2) is 0 Å². The van der Waals surface area contributed by atoms with Gasteiger partial charge in [-0.3, -0.25) is 9.52 Å². The van der Waals surface area contributed by atoms with E-state index < -0.39 is 10.0 Å². The van der Waals surface area contributed by atoms with Gasteiger partial charge in [0.2, 0.25) is 10.0 Å². The van der Waals surface area contributed by atoms with Gasteiger partial charge in [-0.25, -0.2) is 8.42 Å². The van der Waals surface area contributed by atoms with Crippen LogP contribution in [0.5, 0.6) is 5.75 Å². The number of hydrogen-bond acceptors (Lipinski definition) is 4. The zero-order chi connectivity index (χ0) is 17.6.